The maximum Gasteiger partial charge on any atom is 0.306 e. The van der Waals surface area contributed by atoms with Crippen LogP contribution >= 0.6 is 0 Å². The zero-order chi connectivity index (χ0) is 13.9. The van der Waals surface area contributed by atoms with E-state index in [1.807, 2.05) is 0 Å². The number of benzene rings is 1. The average molecular weight is 274 g/mol. The molecule has 1 aromatic rings. The lowest BCUT2D eigenvalue weighted by molar-refractivity contribution is -0.387. The summed E-state index contributed by atoms with van der Waals surface area (Å²) in [6.07, 6.45) is 1.32. The second-order valence-electron chi connectivity index (χ2n) is 3.47. The Bertz CT molecular complexity index is 598. The molecule has 0 radical (unpaired) electrons. The summed E-state index contributed by atoms with van der Waals surface area (Å²) in [5.41, 5.74) is -0.783. The Hall–Kier alpha value is -1.80. The standard InChI is InChI=1S/C10H11FN2O4S/c1-3-4-12-18(16,17)10-6-9(13(14)15)8(11)5-7(10)2/h3,5-6,12H,1,4H2,2H3. The fourth-order valence-corrected chi connectivity index (χ4v) is 2.56. The molecule has 1 rings (SSSR count). The van der Waals surface area contributed by atoms with Gasteiger partial charge in [0.1, 0.15) is 0 Å². The first-order chi connectivity index (χ1) is 8.29. The van der Waals surface area contributed by atoms with Crippen molar-refractivity contribution in [1.82, 2.24) is 4.72 Å². The molecule has 6 nitrogen and oxygen atoms in total. The number of rotatable bonds is 5. The number of nitro benzene ring substituents is 1. The summed E-state index contributed by atoms with van der Waals surface area (Å²) in [6, 6.07) is 1.52. The van der Waals surface area contributed by atoms with Crippen LogP contribution in [-0.4, -0.2) is 19.9 Å². The molecular formula is C10H11FN2O4S. The molecule has 0 heterocycles. The first kappa shape index (κ1) is 14.3. The zero-order valence-electron chi connectivity index (χ0n) is 9.51. The van der Waals surface area contributed by atoms with Crippen molar-refractivity contribution in [1.29, 1.82) is 0 Å². The van der Waals surface area contributed by atoms with Gasteiger partial charge in [-0.1, -0.05) is 6.08 Å². The molecule has 0 saturated heterocycles. The van der Waals surface area contributed by atoms with Crippen LogP contribution in [0, 0.1) is 22.9 Å². The molecule has 0 spiro atoms. The SMILES string of the molecule is C=CCNS(=O)(=O)c1cc([N+](=O)[O-])c(F)cc1C. The molecule has 1 N–H and O–H groups in total. The normalized spacial score (nSPS) is 11.2. The van der Waals surface area contributed by atoms with Crippen molar-refractivity contribution in [3.63, 3.8) is 0 Å². The number of sulfonamides is 1. The van der Waals surface area contributed by atoms with Gasteiger partial charge in [0.05, 0.1) is 9.82 Å². The summed E-state index contributed by atoms with van der Waals surface area (Å²) in [4.78, 5) is 9.27. The lowest BCUT2D eigenvalue weighted by Crippen LogP contribution is -2.24. The third kappa shape index (κ3) is 2.90. The van der Waals surface area contributed by atoms with Crippen LogP contribution in [-0.2, 0) is 10.0 Å². The summed E-state index contributed by atoms with van der Waals surface area (Å²) in [7, 11) is -3.92. The molecule has 18 heavy (non-hydrogen) atoms. The average Bonchev–Trinajstić information content (AvgIpc) is 2.25. The van der Waals surface area contributed by atoms with E-state index in [0.717, 1.165) is 6.07 Å². The molecule has 1 aromatic carbocycles. The maximum absolute atomic E-state index is 13.2. The highest BCUT2D eigenvalue weighted by atomic mass is 32.2. The highest BCUT2D eigenvalue weighted by Crippen LogP contribution is 2.25. The smallest absolute Gasteiger partial charge is 0.258 e. The molecule has 0 amide bonds. The zero-order valence-corrected chi connectivity index (χ0v) is 10.3. The monoisotopic (exact) mass is 274 g/mol. The molecular weight excluding hydrogens is 263 g/mol. The van der Waals surface area contributed by atoms with Crippen molar-refractivity contribution < 1.29 is 17.7 Å². The molecule has 8 heteroatoms. The summed E-state index contributed by atoms with van der Waals surface area (Å²) in [5, 5.41) is 10.6. The quantitative estimate of drug-likeness (QED) is 0.500. The number of hydrogen-bond acceptors (Lipinski definition) is 4. The minimum atomic E-state index is -3.92. The van der Waals surface area contributed by atoms with Crippen LogP contribution in [0.1, 0.15) is 5.56 Å². The van der Waals surface area contributed by atoms with Gasteiger partial charge in [0.25, 0.3) is 0 Å². The lowest BCUT2D eigenvalue weighted by Gasteiger charge is -2.08. The molecule has 0 saturated carbocycles. The van der Waals surface area contributed by atoms with Gasteiger partial charge in [-0.3, -0.25) is 10.1 Å². The summed E-state index contributed by atoms with van der Waals surface area (Å²) >= 11 is 0. The van der Waals surface area contributed by atoms with Gasteiger partial charge in [-0.25, -0.2) is 13.1 Å². The maximum atomic E-state index is 13.2. The van der Waals surface area contributed by atoms with Crippen LogP contribution in [0.15, 0.2) is 29.7 Å². The first-order valence-electron chi connectivity index (χ1n) is 4.84. The molecule has 0 aliphatic rings. The predicted molar refractivity (Wildman–Crippen MR) is 63.2 cm³/mol. The summed E-state index contributed by atoms with van der Waals surface area (Å²) in [6.45, 7) is 4.68. The largest absolute Gasteiger partial charge is 0.306 e. The van der Waals surface area contributed by atoms with Gasteiger partial charge in [-0.2, -0.15) is 4.39 Å². The Labute approximate surface area is 103 Å². The molecule has 0 unspecified atom stereocenters. The van der Waals surface area contributed by atoms with E-state index in [2.05, 4.69) is 11.3 Å². The van der Waals surface area contributed by atoms with Gasteiger partial charge in [-0.05, 0) is 18.6 Å². The van der Waals surface area contributed by atoms with Gasteiger partial charge in [-0.15, -0.1) is 6.58 Å². The van der Waals surface area contributed by atoms with E-state index in [9.17, 15) is 22.9 Å². The van der Waals surface area contributed by atoms with Crippen molar-refractivity contribution in [3.8, 4) is 0 Å². The van der Waals surface area contributed by atoms with Crippen LogP contribution in [0.2, 0.25) is 0 Å². The fraction of sp³-hybridized carbons (Fsp3) is 0.200. The van der Waals surface area contributed by atoms with Crippen LogP contribution < -0.4 is 4.72 Å². The van der Waals surface area contributed by atoms with E-state index in [-0.39, 0.29) is 17.0 Å². The number of nitrogens with zero attached hydrogens (tertiary/aromatic N) is 1. The fourth-order valence-electron chi connectivity index (χ4n) is 1.32. The van der Waals surface area contributed by atoms with Crippen molar-refractivity contribution >= 4 is 15.7 Å². The van der Waals surface area contributed by atoms with Crippen molar-refractivity contribution in [2.24, 2.45) is 0 Å². The van der Waals surface area contributed by atoms with Crippen LogP contribution in [0.3, 0.4) is 0 Å². The van der Waals surface area contributed by atoms with Crippen LogP contribution in [0.4, 0.5) is 10.1 Å². The third-order valence-electron chi connectivity index (χ3n) is 2.15. The highest BCUT2D eigenvalue weighted by Gasteiger charge is 2.23. The van der Waals surface area contributed by atoms with Gasteiger partial charge < -0.3 is 0 Å². The van der Waals surface area contributed by atoms with Gasteiger partial charge in [0.15, 0.2) is 0 Å². The summed E-state index contributed by atoms with van der Waals surface area (Å²) in [5.74, 6) is -1.07. The molecule has 0 atom stereocenters. The van der Waals surface area contributed by atoms with Crippen LogP contribution in [0.25, 0.3) is 0 Å². The molecule has 0 fully saturated rings. The number of halogens is 1. The third-order valence-corrected chi connectivity index (χ3v) is 3.71. The summed E-state index contributed by atoms with van der Waals surface area (Å²) < 4.78 is 39.0. The Balaban J connectivity index is 3.37. The van der Waals surface area contributed by atoms with Crippen molar-refractivity contribution in [2.75, 3.05) is 6.54 Å². The van der Waals surface area contributed by atoms with E-state index < -0.39 is 26.5 Å². The lowest BCUT2D eigenvalue weighted by atomic mass is 10.2. The van der Waals surface area contributed by atoms with Gasteiger partial charge in [0.2, 0.25) is 15.8 Å². The van der Waals surface area contributed by atoms with E-state index in [4.69, 9.17) is 0 Å². The Morgan fingerprint density at radius 2 is 2.17 bits per heavy atom. The van der Waals surface area contributed by atoms with E-state index in [1.165, 1.54) is 13.0 Å². The first-order valence-corrected chi connectivity index (χ1v) is 6.33. The molecule has 0 aliphatic heterocycles. The topological polar surface area (TPSA) is 89.3 Å². The molecule has 0 bridgehead atoms. The Kier molecular flexibility index (Phi) is 4.15. The minimum Gasteiger partial charge on any atom is -0.258 e. The molecule has 98 valence electrons. The van der Waals surface area contributed by atoms with Crippen molar-refractivity contribution in [2.45, 2.75) is 11.8 Å². The van der Waals surface area contributed by atoms with E-state index in [1.54, 1.807) is 0 Å². The number of aryl methyl sites for hydroxylation is 1. The van der Waals surface area contributed by atoms with Crippen molar-refractivity contribution in [3.05, 3.63) is 46.3 Å². The number of hydrogen-bond donors (Lipinski definition) is 1. The Morgan fingerprint density at radius 3 is 2.67 bits per heavy atom. The molecule has 0 aromatic heterocycles. The van der Waals surface area contributed by atoms with Gasteiger partial charge in [0, 0.05) is 12.6 Å². The second-order valence-corrected chi connectivity index (χ2v) is 5.20. The Morgan fingerprint density at radius 1 is 1.56 bits per heavy atom. The van der Waals surface area contributed by atoms with E-state index in [0.29, 0.717) is 6.07 Å². The second kappa shape index (κ2) is 5.23. The minimum absolute atomic E-state index is 0.0209. The van der Waals surface area contributed by atoms with Crippen LogP contribution in [0.5, 0.6) is 0 Å². The number of nitro groups is 1. The highest BCUT2D eigenvalue weighted by molar-refractivity contribution is 7.89. The number of nitrogens with one attached hydrogen (secondary N) is 1. The molecule has 0 aliphatic carbocycles. The van der Waals surface area contributed by atoms with Gasteiger partial charge >= 0.3 is 5.69 Å². The van der Waals surface area contributed by atoms with E-state index >= 15 is 0 Å². The predicted octanol–water partition coefficient (Wildman–Crippen LogP) is 1.51.